The molecule has 2 fully saturated rings. The number of rotatable bonds is 26. The van der Waals surface area contributed by atoms with Gasteiger partial charge in [-0.25, -0.2) is 15.6 Å². The van der Waals surface area contributed by atoms with Crippen molar-refractivity contribution in [1.82, 2.24) is 19.4 Å². The average molecular weight is 1140 g/mol. The number of methoxy groups -OCH3 is 3. The molecule has 2 aromatic carbocycles. The second kappa shape index (κ2) is 26.8. The lowest BCUT2D eigenvalue weighted by Crippen LogP contribution is -2.52. The molecule has 82 heavy (non-hydrogen) atoms. The van der Waals surface area contributed by atoms with Gasteiger partial charge in [-0.15, -0.1) is 0 Å². The number of aldehydes is 1. The number of anilines is 3. The van der Waals surface area contributed by atoms with Crippen molar-refractivity contribution in [1.29, 1.82) is 0 Å². The van der Waals surface area contributed by atoms with Crippen molar-refractivity contribution in [2.24, 2.45) is 25.7 Å². The average Bonchev–Trinajstić information content (AvgIpc) is 4.01. The predicted molar refractivity (Wildman–Crippen MR) is 298 cm³/mol. The Hall–Kier alpha value is -7.81. The van der Waals surface area contributed by atoms with Crippen LogP contribution in [-0.4, -0.2) is 146 Å². The van der Waals surface area contributed by atoms with Gasteiger partial charge in [0.05, 0.1) is 71.9 Å². The second-order valence-electron chi connectivity index (χ2n) is 21.6. The summed E-state index contributed by atoms with van der Waals surface area (Å²) in [5, 5.41) is 8.47. The van der Waals surface area contributed by atoms with Crippen LogP contribution in [0.1, 0.15) is 120 Å². The molecule has 3 aliphatic heterocycles. The minimum Gasteiger partial charge on any atom is -0.493 e. The number of benzene rings is 2. The normalized spacial score (nSPS) is 18.9. The van der Waals surface area contributed by atoms with Crippen LogP contribution in [0.4, 0.5) is 21.9 Å². The van der Waals surface area contributed by atoms with E-state index < -0.39 is 65.6 Å². The molecule has 2 unspecified atom stereocenters. The molecule has 3 aliphatic rings. The minimum atomic E-state index is -1.08. The molecule has 2 aromatic heterocycles. The summed E-state index contributed by atoms with van der Waals surface area (Å²) in [6.45, 7) is 12.1. The number of primary amides is 1. The minimum absolute atomic E-state index is 0.00171. The van der Waals surface area contributed by atoms with Crippen LogP contribution in [-0.2, 0) is 58.8 Å². The lowest BCUT2D eigenvalue weighted by molar-refractivity contribution is -0.180. The van der Waals surface area contributed by atoms with Crippen LogP contribution in [0.5, 0.6) is 17.2 Å². The van der Waals surface area contributed by atoms with E-state index in [2.05, 4.69) is 22.5 Å². The Morgan fingerprint density at radius 1 is 0.854 bits per heavy atom. The zero-order valence-electron chi connectivity index (χ0n) is 47.8. The largest absolute Gasteiger partial charge is 0.493 e. The van der Waals surface area contributed by atoms with Crippen LogP contribution in [0.15, 0.2) is 67.0 Å². The Labute approximate surface area is 475 Å². The van der Waals surface area contributed by atoms with E-state index in [1.165, 1.54) is 61.1 Å². The summed E-state index contributed by atoms with van der Waals surface area (Å²) in [7, 11) is 7.63. The van der Waals surface area contributed by atoms with E-state index in [-0.39, 0.29) is 103 Å². The number of fused-ring (bicyclic) bond motifs is 2. The van der Waals surface area contributed by atoms with Gasteiger partial charge >= 0.3 is 6.09 Å². The van der Waals surface area contributed by atoms with Gasteiger partial charge in [-0.2, -0.15) is 0 Å². The maximum Gasteiger partial charge on any atom is 0.416 e. The van der Waals surface area contributed by atoms with Crippen molar-refractivity contribution in [3.05, 3.63) is 95.1 Å². The number of carbonyl (C=O) groups excluding carboxylic acids is 7. The van der Waals surface area contributed by atoms with Gasteiger partial charge in [0.1, 0.15) is 36.1 Å². The third-order valence-electron chi connectivity index (χ3n) is 14.4. The number of ether oxygens (including phenoxy) is 8. The quantitative estimate of drug-likeness (QED) is 0.0225. The van der Waals surface area contributed by atoms with Gasteiger partial charge < -0.3 is 78.4 Å². The summed E-state index contributed by atoms with van der Waals surface area (Å²) < 4.78 is 50.8. The molecule has 0 bridgehead atoms. The van der Waals surface area contributed by atoms with E-state index in [1.807, 2.05) is 27.7 Å². The molecule has 0 saturated carbocycles. The first kappa shape index (κ1) is 61.8. The molecule has 7 N–H and O–H groups in total. The summed E-state index contributed by atoms with van der Waals surface area (Å²) >= 11 is 0. The third-order valence-corrected chi connectivity index (χ3v) is 14.4. The number of aryl methyl sites for hydroxylation is 2. The van der Waals surface area contributed by atoms with Crippen molar-refractivity contribution < 1.29 is 76.3 Å². The summed E-state index contributed by atoms with van der Waals surface area (Å²) in [6, 6.07) is 9.98. The lowest BCUT2D eigenvalue weighted by atomic mass is 10.0. The van der Waals surface area contributed by atoms with Gasteiger partial charge in [0, 0.05) is 85.5 Å². The smallest absolute Gasteiger partial charge is 0.416 e. The highest BCUT2D eigenvalue weighted by Crippen LogP contribution is 2.43. The van der Waals surface area contributed by atoms with Gasteiger partial charge in [-0.05, 0) is 82.9 Å². The zero-order valence-corrected chi connectivity index (χ0v) is 47.8. The number of hydrogen-bond acceptors (Lipinski definition) is 17. The molecule has 5 atom stereocenters. The molecule has 25 nitrogen and oxygen atoms in total. The van der Waals surface area contributed by atoms with Crippen molar-refractivity contribution >= 4 is 59.0 Å². The Bertz CT molecular complexity index is 3020. The molecule has 5 heterocycles. The molecular formula is C57H75N9O16. The molecule has 0 spiro atoms. The topological polar surface area (TPSA) is 307 Å². The van der Waals surface area contributed by atoms with Crippen LogP contribution in [0.2, 0.25) is 0 Å². The second-order valence-corrected chi connectivity index (χ2v) is 21.6. The first-order valence-electron chi connectivity index (χ1n) is 26.8. The van der Waals surface area contributed by atoms with E-state index in [1.54, 1.807) is 48.1 Å². The molecule has 25 heteroatoms. The molecule has 7 rings (SSSR count). The Balaban J connectivity index is 1.06. The Morgan fingerprint density at radius 3 is 2.24 bits per heavy atom. The summed E-state index contributed by atoms with van der Waals surface area (Å²) in [4.78, 5) is 101. The van der Waals surface area contributed by atoms with Crippen LogP contribution >= 0.6 is 0 Å². The number of nitrogens with one attached hydrogen (secondary N) is 3. The molecule has 444 valence electrons. The van der Waals surface area contributed by atoms with E-state index in [4.69, 9.17) is 54.4 Å². The van der Waals surface area contributed by atoms with Crippen LogP contribution in [0.3, 0.4) is 0 Å². The Morgan fingerprint density at radius 2 is 1.57 bits per heavy atom. The standard InChI is InChI=1S/C57H75N9O16/c1-33-20-44-54(76-10)66(55(73)78-32-34-13-14-45(81-49-25-37(74-8)24-38(31-67)80-49)40(21-34)51(70)60-17-15-56(2,3)79-19-16-57(4,5)82-59)41-27-47(46(75-9)26-39(41)53(72)65(44)28-33)77-18-11-12-48(68)61-35-23-43(64(7)29-35)52(71)62-36-22-42(50(58)69)63(6)30-36/h13-14,21-23,26-27,29-31,37-38,44,49,54H,1,11-12,15-20,24-25,28,32,59H2,2-10H3,(H2,58,69)(H,60,70)(H,61,68)(H,62,71)/t37-,38-,44?,49-,54?/m0/s1. The zero-order chi connectivity index (χ0) is 59.6. The molecule has 6 amide bonds. The highest BCUT2D eigenvalue weighted by Gasteiger charge is 2.47. The van der Waals surface area contributed by atoms with Crippen LogP contribution < -0.4 is 46.7 Å². The number of aromatic nitrogens is 2. The fraction of sp³-hybridized carbons (Fsp3) is 0.491. The van der Waals surface area contributed by atoms with Gasteiger partial charge in [0.15, 0.2) is 17.7 Å². The van der Waals surface area contributed by atoms with E-state index in [0.717, 1.165) is 5.57 Å². The summed E-state index contributed by atoms with van der Waals surface area (Å²) in [6.07, 6.45) is 1.90. The predicted octanol–water partition coefficient (Wildman–Crippen LogP) is 5.49. The molecule has 2 saturated heterocycles. The van der Waals surface area contributed by atoms with Gasteiger partial charge in [0.2, 0.25) is 12.2 Å². The van der Waals surface area contributed by atoms with Crippen molar-refractivity contribution in [2.45, 2.75) is 121 Å². The Kier molecular flexibility index (Phi) is 20.2. The fourth-order valence-corrected chi connectivity index (χ4v) is 9.81. The highest BCUT2D eigenvalue weighted by molar-refractivity contribution is 6.07. The summed E-state index contributed by atoms with van der Waals surface area (Å²) in [5.41, 5.74) is 6.80. The summed E-state index contributed by atoms with van der Waals surface area (Å²) in [5.74, 6) is 3.47. The molecule has 0 aliphatic carbocycles. The maximum atomic E-state index is 14.7. The monoisotopic (exact) mass is 1140 g/mol. The SMILES string of the molecule is C=C1CC2C(OC)N(C(=O)OCc3ccc(O[C@H]4C[C@@H](OC)C[C@@H](C=O)O4)c(C(=O)NCCC(C)(C)OCCC(C)(C)ON)c3)c3cc(OCCCC(=O)Nc4cc(C(=O)Nc5cc(C(N)=O)n(C)c5)n(C)c4)c(OC)cc3C(=O)N2C1. The molecular weight excluding hydrogens is 1070 g/mol. The number of hydrogen-bond donors (Lipinski definition) is 5. The number of nitrogens with zero attached hydrogens (tertiary/aromatic N) is 4. The van der Waals surface area contributed by atoms with Gasteiger partial charge in [-0.3, -0.25) is 28.8 Å². The number of carbonyl (C=O) groups is 7. The van der Waals surface area contributed by atoms with Gasteiger partial charge in [-0.1, -0.05) is 18.2 Å². The highest BCUT2D eigenvalue weighted by atomic mass is 16.7. The lowest BCUT2D eigenvalue weighted by Gasteiger charge is -2.34. The van der Waals surface area contributed by atoms with E-state index >= 15 is 0 Å². The molecule has 4 aromatic rings. The van der Waals surface area contributed by atoms with E-state index in [9.17, 15) is 33.6 Å². The van der Waals surface area contributed by atoms with Crippen molar-refractivity contribution in [3.8, 4) is 17.2 Å². The van der Waals surface area contributed by atoms with E-state index in [0.29, 0.717) is 55.5 Å². The van der Waals surface area contributed by atoms with Crippen LogP contribution in [0, 0.1) is 0 Å². The van der Waals surface area contributed by atoms with Crippen LogP contribution in [0.25, 0.3) is 0 Å². The third kappa shape index (κ3) is 15.2. The first-order valence-corrected chi connectivity index (χ1v) is 26.8. The van der Waals surface area contributed by atoms with Gasteiger partial charge in [0.25, 0.3) is 23.6 Å². The maximum absolute atomic E-state index is 14.7. The first-order chi connectivity index (χ1) is 39.0. The fourth-order valence-electron chi connectivity index (χ4n) is 9.81. The molecule has 0 radical (unpaired) electrons. The van der Waals surface area contributed by atoms with Crippen molar-refractivity contribution in [2.75, 3.05) is 63.2 Å². The number of nitrogens with two attached hydrogens (primary N) is 2. The number of amides is 6. The van der Waals surface area contributed by atoms with Crippen molar-refractivity contribution in [3.63, 3.8) is 0 Å².